The first-order valence-electron chi connectivity index (χ1n) is 26.4. The Balaban J connectivity index is 0.853. The second kappa shape index (κ2) is 20.9. The molecule has 0 unspecified atom stereocenters. The van der Waals surface area contributed by atoms with Crippen LogP contribution in [0, 0.1) is 46.3 Å². The molecule has 0 aromatic carbocycles. The summed E-state index contributed by atoms with van der Waals surface area (Å²) in [6.45, 7) is 7.43. The molecule has 6 saturated heterocycles. The van der Waals surface area contributed by atoms with Gasteiger partial charge in [0, 0.05) is 18.3 Å². The predicted molar refractivity (Wildman–Crippen MR) is 242 cm³/mol. The van der Waals surface area contributed by atoms with Gasteiger partial charge in [-0.1, -0.05) is 32.4 Å². The number of hydrogen-bond acceptors (Lipinski definition) is 22. The van der Waals surface area contributed by atoms with Crippen LogP contribution in [0.2, 0.25) is 0 Å². The smallest absolute Gasteiger partial charge is 0.187 e. The van der Waals surface area contributed by atoms with Crippen LogP contribution < -0.4 is 0 Å². The number of hydrogen-bond donors (Lipinski definition) is 12. The Bertz CT molecular complexity index is 1890. The molecule has 22 nitrogen and oxygen atoms in total. The van der Waals surface area contributed by atoms with E-state index in [1.54, 1.807) is 0 Å². The first-order valence-corrected chi connectivity index (χ1v) is 26.4. The number of allylic oxidation sites excluding steroid dienone is 1. The normalized spacial score (nSPS) is 56.7. The zero-order chi connectivity index (χ0) is 51.3. The summed E-state index contributed by atoms with van der Waals surface area (Å²) in [4.78, 5) is 0. The Morgan fingerprint density at radius 3 is 2.06 bits per heavy atom. The minimum absolute atomic E-state index is 0.0641. The highest BCUT2D eigenvalue weighted by molar-refractivity contribution is 5.27. The maximum Gasteiger partial charge on any atom is 0.187 e. The number of aliphatic hydroxyl groups is 12. The van der Waals surface area contributed by atoms with Gasteiger partial charge in [0.2, 0.25) is 0 Å². The average molecular weight is 1030 g/mol. The molecule has 4 aliphatic carbocycles. The van der Waals surface area contributed by atoms with Crippen molar-refractivity contribution in [2.24, 2.45) is 46.3 Å². The molecule has 1 spiro atoms. The Hall–Kier alpha value is -1.14. The standard InChI is InChI=1S/C50H80O22/c1-20-7-12-50(65-17-20)27(18-63-44-39(60)37(58)35(56)30(15-51)68-44)32-29(72-50)14-26-24-6-5-22-13-23(8-10-48(22,3)25(24)9-11-49(26,32)4)67-47-43(71-46-40(61)36(57)33(54)21(2)66-46)41(62)42(31(16-52)69-47)70-45-38(59)34(55)28(53)19-64-45/h5,20-21,23-47,51-62H,6-19H2,1-4H3/t20-,21+,23+,24-,25+,26+,27+,28+,29+,30-,31-,32+,33+,34+,35-,36-,37+,38-,39-,40-,41+,42-,43-,44-,45+,46+,47-,48+,49+,50-/m1/s1. The second-order valence-electron chi connectivity index (χ2n) is 23.5. The highest BCUT2D eigenvalue weighted by Gasteiger charge is 2.70. The molecular weight excluding hydrogens is 953 g/mol. The third-order valence-electron chi connectivity index (χ3n) is 19.3. The van der Waals surface area contributed by atoms with Crippen LogP contribution in [0.15, 0.2) is 11.6 Å². The molecule has 6 aliphatic heterocycles. The summed E-state index contributed by atoms with van der Waals surface area (Å²) in [5, 5.41) is 127. The first kappa shape index (κ1) is 54.2. The minimum atomic E-state index is -1.75. The van der Waals surface area contributed by atoms with Gasteiger partial charge < -0.3 is 109 Å². The molecular formula is C50H80O22. The van der Waals surface area contributed by atoms with Crippen LogP contribution in [0.1, 0.15) is 85.5 Å². The van der Waals surface area contributed by atoms with Gasteiger partial charge in [-0.15, -0.1) is 0 Å². The third-order valence-corrected chi connectivity index (χ3v) is 19.3. The number of rotatable bonds is 11. The van der Waals surface area contributed by atoms with E-state index in [9.17, 15) is 61.3 Å². The van der Waals surface area contributed by atoms with E-state index >= 15 is 0 Å². The molecule has 6 heterocycles. The fraction of sp³-hybridized carbons (Fsp3) is 0.960. The van der Waals surface area contributed by atoms with Crippen LogP contribution in [-0.4, -0.2) is 229 Å². The molecule has 3 saturated carbocycles. The zero-order valence-corrected chi connectivity index (χ0v) is 41.5. The predicted octanol–water partition coefficient (Wildman–Crippen LogP) is -2.35. The van der Waals surface area contributed by atoms with Crippen molar-refractivity contribution in [3.8, 4) is 0 Å². The van der Waals surface area contributed by atoms with Gasteiger partial charge in [-0.2, -0.15) is 0 Å². The van der Waals surface area contributed by atoms with Gasteiger partial charge in [0.05, 0.1) is 51.3 Å². The SMILES string of the molecule is C[C@@H]1CC[C@@]2(OC1)O[C@H]1C[C@H]3[C@@H]4CC=C5C[C@@H](O[C@@H]6O[C@H](CO)[C@@H](O[C@@H]7OC[C@H](O)[C@H](O)[C@H]7O)[C@H](O)[C@H]6O[C@@H]6O[C@@H](C)[C@H](O)[C@@H](O)[C@H]6O)CC[C@]5(C)[C@H]4CC[C@]3(C)[C@H]1[C@@H]2CO[C@@H]1O[C@H](CO)[C@@H](O)[C@H](O)[C@H]1O. The van der Waals surface area contributed by atoms with Gasteiger partial charge in [-0.25, -0.2) is 0 Å². The Labute approximate surface area is 419 Å². The summed E-state index contributed by atoms with van der Waals surface area (Å²) in [6.07, 6.45) is -19.0. The Morgan fingerprint density at radius 1 is 0.639 bits per heavy atom. The molecule has 0 bridgehead atoms. The topological polar surface area (TPSA) is 335 Å². The van der Waals surface area contributed by atoms with Gasteiger partial charge >= 0.3 is 0 Å². The van der Waals surface area contributed by atoms with Crippen molar-refractivity contribution in [3.63, 3.8) is 0 Å². The second-order valence-corrected chi connectivity index (χ2v) is 23.5. The fourth-order valence-corrected chi connectivity index (χ4v) is 15.1. The summed E-state index contributed by atoms with van der Waals surface area (Å²) in [6, 6.07) is 0. The van der Waals surface area contributed by atoms with E-state index in [2.05, 4.69) is 26.8 Å². The summed E-state index contributed by atoms with van der Waals surface area (Å²) >= 11 is 0. The maximum absolute atomic E-state index is 12.0. The largest absolute Gasteiger partial charge is 0.394 e. The van der Waals surface area contributed by atoms with Crippen LogP contribution in [0.5, 0.6) is 0 Å². The van der Waals surface area contributed by atoms with Crippen LogP contribution in [0.3, 0.4) is 0 Å². The van der Waals surface area contributed by atoms with Crippen molar-refractivity contribution < 1.29 is 109 Å². The van der Waals surface area contributed by atoms with Gasteiger partial charge in [0.1, 0.15) is 85.5 Å². The lowest BCUT2D eigenvalue weighted by molar-refractivity contribution is -0.385. The van der Waals surface area contributed by atoms with E-state index in [4.69, 9.17) is 47.4 Å². The quantitative estimate of drug-likeness (QED) is 0.0964. The van der Waals surface area contributed by atoms with Crippen LogP contribution in [-0.2, 0) is 47.4 Å². The zero-order valence-electron chi connectivity index (χ0n) is 41.5. The molecule has 10 rings (SSSR count). The molecule has 0 aromatic rings. The first-order chi connectivity index (χ1) is 34.2. The van der Waals surface area contributed by atoms with Crippen molar-refractivity contribution in [2.45, 2.75) is 220 Å². The molecule has 22 heteroatoms. The van der Waals surface area contributed by atoms with Gasteiger partial charge in [0.15, 0.2) is 30.9 Å². The summed E-state index contributed by atoms with van der Waals surface area (Å²) < 4.78 is 62.3. The average Bonchev–Trinajstić information content (AvgIpc) is 3.83. The van der Waals surface area contributed by atoms with Crippen molar-refractivity contribution in [2.75, 3.05) is 33.0 Å². The van der Waals surface area contributed by atoms with Crippen LogP contribution in [0.25, 0.3) is 0 Å². The Kier molecular flexibility index (Phi) is 15.7. The van der Waals surface area contributed by atoms with Crippen molar-refractivity contribution in [1.82, 2.24) is 0 Å². The lowest BCUT2D eigenvalue weighted by Crippen LogP contribution is -2.66. The minimum Gasteiger partial charge on any atom is -0.394 e. The van der Waals surface area contributed by atoms with Crippen LogP contribution >= 0.6 is 0 Å². The summed E-state index contributed by atoms with van der Waals surface area (Å²) in [5.41, 5.74) is 0.942. The van der Waals surface area contributed by atoms with Crippen molar-refractivity contribution in [3.05, 3.63) is 11.6 Å². The van der Waals surface area contributed by atoms with E-state index in [1.807, 2.05) is 0 Å². The highest BCUT2D eigenvalue weighted by atomic mass is 16.8. The lowest BCUT2D eigenvalue weighted by Gasteiger charge is -2.59. The van der Waals surface area contributed by atoms with E-state index in [0.29, 0.717) is 49.5 Å². The number of aliphatic hydroxyl groups excluding tert-OH is 12. The molecule has 0 amide bonds. The van der Waals surface area contributed by atoms with E-state index < -0.39 is 148 Å². The third kappa shape index (κ3) is 9.28. The monoisotopic (exact) mass is 1030 g/mol. The Morgan fingerprint density at radius 2 is 1.33 bits per heavy atom. The van der Waals surface area contributed by atoms with Gasteiger partial charge in [-0.3, -0.25) is 0 Å². The molecule has 12 N–H and O–H groups in total. The van der Waals surface area contributed by atoms with E-state index in [1.165, 1.54) is 12.5 Å². The molecule has 412 valence electrons. The van der Waals surface area contributed by atoms with E-state index in [0.717, 1.165) is 38.5 Å². The molecule has 9 fully saturated rings. The lowest BCUT2D eigenvalue weighted by atomic mass is 9.47. The molecule has 0 radical (unpaired) electrons. The van der Waals surface area contributed by atoms with Gasteiger partial charge in [-0.05, 0) is 92.8 Å². The summed E-state index contributed by atoms with van der Waals surface area (Å²) in [7, 11) is 0. The maximum atomic E-state index is 12.0. The fourth-order valence-electron chi connectivity index (χ4n) is 15.1. The highest BCUT2D eigenvalue weighted by Crippen LogP contribution is 2.71. The molecule has 72 heavy (non-hydrogen) atoms. The van der Waals surface area contributed by atoms with Crippen molar-refractivity contribution in [1.29, 1.82) is 0 Å². The summed E-state index contributed by atoms with van der Waals surface area (Å²) in [5.74, 6) is 0.352. The number of fused-ring (bicyclic) bond motifs is 7. The van der Waals surface area contributed by atoms with Gasteiger partial charge in [0.25, 0.3) is 0 Å². The number of ether oxygens (including phenoxy) is 10. The molecule has 10 aliphatic rings. The molecule has 0 aromatic heterocycles. The molecule has 30 atom stereocenters. The van der Waals surface area contributed by atoms with Crippen molar-refractivity contribution >= 4 is 0 Å². The van der Waals surface area contributed by atoms with E-state index in [-0.39, 0.29) is 35.4 Å². The van der Waals surface area contributed by atoms with Crippen LogP contribution in [0.4, 0.5) is 0 Å².